The molecular formula is C17H13BrClFN2O2. The van der Waals surface area contributed by atoms with Crippen LogP contribution in [-0.4, -0.2) is 29.8 Å². The summed E-state index contributed by atoms with van der Waals surface area (Å²) in [5, 5.41) is 0.239. The van der Waals surface area contributed by atoms with Crippen LogP contribution in [0.5, 0.6) is 0 Å². The molecule has 1 fully saturated rings. The van der Waals surface area contributed by atoms with Crippen molar-refractivity contribution >= 4 is 45.0 Å². The summed E-state index contributed by atoms with van der Waals surface area (Å²) in [4.78, 5) is 27.7. The molecule has 0 unspecified atom stereocenters. The van der Waals surface area contributed by atoms with Crippen LogP contribution < -0.4 is 4.90 Å². The number of benzene rings is 2. The van der Waals surface area contributed by atoms with Crippen LogP contribution in [0.15, 0.2) is 46.9 Å². The molecule has 1 heterocycles. The van der Waals surface area contributed by atoms with Gasteiger partial charge in [-0.3, -0.25) is 9.59 Å². The average Bonchev–Trinajstić information content (AvgIpc) is 2.55. The van der Waals surface area contributed by atoms with Gasteiger partial charge in [0.1, 0.15) is 5.82 Å². The molecule has 0 aliphatic carbocycles. The molecule has 24 heavy (non-hydrogen) atoms. The Morgan fingerprint density at radius 3 is 2.54 bits per heavy atom. The maximum absolute atomic E-state index is 13.1. The standard InChI is InChI=1S/C17H13BrClFN2O2/c18-13-3-1-2-4-15(13)22-8-7-21(16(23)17(22)24)10-11-5-6-12(20)9-14(11)19/h1-6,9H,7-8,10H2. The number of rotatable bonds is 3. The molecule has 2 aromatic rings. The van der Waals surface area contributed by atoms with E-state index in [1.807, 2.05) is 18.2 Å². The first-order chi connectivity index (χ1) is 11.5. The van der Waals surface area contributed by atoms with E-state index < -0.39 is 17.6 Å². The lowest BCUT2D eigenvalue weighted by atomic mass is 10.1. The quantitative estimate of drug-likeness (QED) is 0.724. The molecule has 4 nitrogen and oxygen atoms in total. The molecule has 1 aliphatic rings. The van der Waals surface area contributed by atoms with Gasteiger partial charge in [0.2, 0.25) is 0 Å². The minimum Gasteiger partial charge on any atom is -0.328 e. The molecule has 7 heteroatoms. The highest BCUT2D eigenvalue weighted by atomic mass is 79.9. The second kappa shape index (κ2) is 6.91. The monoisotopic (exact) mass is 410 g/mol. The summed E-state index contributed by atoms with van der Waals surface area (Å²) in [5.74, 6) is -1.63. The predicted molar refractivity (Wildman–Crippen MR) is 93.3 cm³/mol. The van der Waals surface area contributed by atoms with E-state index in [0.717, 1.165) is 4.47 Å². The molecular weight excluding hydrogens is 399 g/mol. The van der Waals surface area contributed by atoms with E-state index in [4.69, 9.17) is 11.6 Å². The largest absolute Gasteiger partial charge is 0.328 e. The lowest BCUT2D eigenvalue weighted by molar-refractivity contribution is -0.146. The zero-order chi connectivity index (χ0) is 17.3. The number of halogens is 3. The van der Waals surface area contributed by atoms with E-state index in [1.54, 1.807) is 6.07 Å². The Hall–Kier alpha value is -1.92. The Bertz CT molecular complexity index is 815. The van der Waals surface area contributed by atoms with Gasteiger partial charge in [0, 0.05) is 29.1 Å². The van der Waals surface area contributed by atoms with Crippen LogP contribution in [0.4, 0.5) is 10.1 Å². The Morgan fingerprint density at radius 1 is 1.08 bits per heavy atom. The maximum Gasteiger partial charge on any atom is 0.316 e. The number of para-hydroxylation sites is 1. The SMILES string of the molecule is O=C1C(=O)N(c2ccccc2Br)CCN1Cc1ccc(F)cc1Cl. The van der Waals surface area contributed by atoms with Crippen LogP contribution in [0.3, 0.4) is 0 Å². The van der Waals surface area contributed by atoms with Gasteiger partial charge in [-0.15, -0.1) is 0 Å². The van der Waals surface area contributed by atoms with Crippen LogP contribution in [0, 0.1) is 5.82 Å². The highest BCUT2D eigenvalue weighted by molar-refractivity contribution is 9.10. The molecule has 0 spiro atoms. The van der Waals surface area contributed by atoms with Crippen molar-refractivity contribution in [1.82, 2.24) is 4.90 Å². The number of carbonyl (C=O) groups is 2. The zero-order valence-electron chi connectivity index (χ0n) is 12.5. The van der Waals surface area contributed by atoms with Gasteiger partial charge >= 0.3 is 11.8 Å². The molecule has 0 aromatic heterocycles. The number of anilines is 1. The fourth-order valence-electron chi connectivity index (χ4n) is 2.58. The normalized spacial score (nSPS) is 15.1. The lowest BCUT2D eigenvalue weighted by Gasteiger charge is -2.34. The third-order valence-corrected chi connectivity index (χ3v) is 4.85. The highest BCUT2D eigenvalue weighted by Crippen LogP contribution is 2.28. The van der Waals surface area contributed by atoms with Crippen LogP contribution in [0.25, 0.3) is 0 Å². The molecule has 1 aliphatic heterocycles. The number of piperazine rings is 1. The maximum atomic E-state index is 13.1. The molecule has 0 saturated carbocycles. The predicted octanol–water partition coefficient (Wildman–Crippen LogP) is 3.62. The second-order valence-electron chi connectivity index (χ2n) is 5.37. The Kier molecular flexibility index (Phi) is 4.87. The van der Waals surface area contributed by atoms with Crippen molar-refractivity contribution in [3.05, 3.63) is 63.3 Å². The molecule has 0 N–H and O–H groups in total. The van der Waals surface area contributed by atoms with E-state index in [1.165, 1.54) is 28.0 Å². The summed E-state index contributed by atoms with van der Waals surface area (Å²) in [6, 6.07) is 11.2. The number of nitrogens with zero attached hydrogens (tertiary/aromatic N) is 2. The smallest absolute Gasteiger partial charge is 0.316 e. The third kappa shape index (κ3) is 3.30. The van der Waals surface area contributed by atoms with Gasteiger partial charge in [-0.25, -0.2) is 4.39 Å². The van der Waals surface area contributed by atoms with Crippen molar-refractivity contribution in [2.75, 3.05) is 18.0 Å². The van der Waals surface area contributed by atoms with Gasteiger partial charge in [0.05, 0.1) is 5.69 Å². The minimum atomic E-state index is -0.600. The van der Waals surface area contributed by atoms with E-state index in [9.17, 15) is 14.0 Å². The number of hydrogen-bond donors (Lipinski definition) is 0. The van der Waals surface area contributed by atoms with Gasteiger partial charge in [0.15, 0.2) is 0 Å². The van der Waals surface area contributed by atoms with Crippen LogP contribution in [0.2, 0.25) is 5.02 Å². The third-order valence-electron chi connectivity index (χ3n) is 3.83. The number of amides is 2. The van der Waals surface area contributed by atoms with E-state index in [-0.39, 0.29) is 11.6 Å². The summed E-state index contributed by atoms with van der Waals surface area (Å²) in [5.41, 5.74) is 1.27. The molecule has 2 aromatic carbocycles. The van der Waals surface area contributed by atoms with Crippen LogP contribution >= 0.6 is 27.5 Å². The molecule has 124 valence electrons. The van der Waals surface area contributed by atoms with Gasteiger partial charge in [-0.05, 0) is 45.8 Å². The Labute approximate surface area is 151 Å². The van der Waals surface area contributed by atoms with Gasteiger partial charge in [0.25, 0.3) is 0 Å². The molecule has 0 atom stereocenters. The Morgan fingerprint density at radius 2 is 1.83 bits per heavy atom. The summed E-state index contributed by atoms with van der Waals surface area (Å²) in [7, 11) is 0. The van der Waals surface area contributed by atoms with Crippen molar-refractivity contribution in [3.8, 4) is 0 Å². The zero-order valence-corrected chi connectivity index (χ0v) is 14.8. The summed E-state index contributed by atoms with van der Waals surface area (Å²) in [6.45, 7) is 0.930. The molecule has 0 bridgehead atoms. The summed E-state index contributed by atoms with van der Waals surface area (Å²) >= 11 is 9.39. The first-order valence-electron chi connectivity index (χ1n) is 7.26. The summed E-state index contributed by atoms with van der Waals surface area (Å²) in [6.07, 6.45) is 0. The van der Waals surface area contributed by atoms with Gasteiger partial charge in [-0.1, -0.05) is 29.8 Å². The van der Waals surface area contributed by atoms with E-state index in [0.29, 0.717) is 24.3 Å². The van der Waals surface area contributed by atoms with Crippen LogP contribution in [0.1, 0.15) is 5.56 Å². The van der Waals surface area contributed by atoms with Gasteiger partial charge in [-0.2, -0.15) is 0 Å². The fraction of sp³-hybridized carbons (Fsp3) is 0.176. The number of carbonyl (C=O) groups excluding carboxylic acids is 2. The van der Waals surface area contributed by atoms with Crippen LogP contribution in [-0.2, 0) is 16.1 Å². The topological polar surface area (TPSA) is 40.6 Å². The van der Waals surface area contributed by atoms with Crippen molar-refractivity contribution in [2.45, 2.75) is 6.54 Å². The fourth-order valence-corrected chi connectivity index (χ4v) is 3.31. The number of hydrogen-bond acceptors (Lipinski definition) is 2. The molecule has 0 radical (unpaired) electrons. The van der Waals surface area contributed by atoms with Crippen molar-refractivity contribution in [2.24, 2.45) is 0 Å². The first-order valence-corrected chi connectivity index (χ1v) is 8.43. The highest BCUT2D eigenvalue weighted by Gasteiger charge is 2.34. The average molecular weight is 412 g/mol. The molecule has 1 saturated heterocycles. The second-order valence-corrected chi connectivity index (χ2v) is 6.63. The van der Waals surface area contributed by atoms with Crippen molar-refractivity contribution in [3.63, 3.8) is 0 Å². The van der Waals surface area contributed by atoms with Crippen molar-refractivity contribution < 1.29 is 14.0 Å². The van der Waals surface area contributed by atoms with E-state index in [2.05, 4.69) is 15.9 Å². The molecule has 2 amide bonds. The van der Waals surface area contributed by atoms with E-state index >= 15 is 0 Å². The Balaban J connectivity index is 1.78. The minimum absolute atomic E-state index is 0.174. The van der Waals surface area contributed by atoms with Crippen molar-refractivity contribution in [1.29, 1.82) is 0 Å². The van der Waals surface area contributed by atoms with Gasteiger partial charge < -0.3 is 9.80 Å². The first kappa shape index (κ1) is 16.9. The lowest BCUT2D eigenvalue weighted by Crippen LogP contribution is -2.54. The summed E-state index contributed by atoms with van der Waals surface area (Å²) < 4.78 is 13.9. The molecule has 3 rings (SSSR count).